The summed E-state index contributed by atoms with van der Waals surface area (Å²) < 4.78 is 5.31. The van der Waals surface area contributed by atoms with Crippen LogP contribution in [0.5, 0.6) is 0 Å². The number of nitrogens with one attached hydrogen (secondary N) is 1. The summed E-state index contributed by atoms with van der Waals surface area (Å²) in [5.41, 5.74) is 5.89. The Kier molecular flexibility index (Phi) is 5.75. The zero-order valence-electron chi connectivity index (χ0n) is 12.2. The topological polar surface area (TPSA) is 84.7 Å². The second-order valence-corrected chi connectivity index (χ2v) is 5.56. The van der Waals surface area contributed by atoms with Crippen molar-refractivity contribution in [1.29, 1.82) is 0 Å². The van der Waals surface area contributed by atoms with E-state index in [1.54, 1.807) is 4.90 Å². The van der Waals surface area contributed by atoms with Crippen LogP contribution in [-0.4, -0.2) is 54.6 Å². The minimum atomic E-state index is -0.576. The molecule has 1 unspecified atom stereocenters. The van der Waals surface area contributed by atoms with Gasteiger partial charge in [0.1, 0.15) is 6.04 Å². The molecular weight excluding hydrogens is 246 g/mol. The fourth-order valence-corrected chi connectivity index (χ4v) is 1.94. The SMILES string of the molecule is CC(C)NC(=O)C1COCCN1C(=O)[C@@H](N)C(C)C. The fraction of sp³-hybridized carbons (Fsp3) is 0.846. The molecule has 110 valence electrons. The van der Waals surface area contributed by atoms with E-state index in [9.17, 15) is 9.59 Å². The van der Waals surface area contributed by atoms with Gasteiger partial charge in [0.25, 0.3) is 0 Å². The standard InChI is InChI=1S/C13H25N3O3/c1-8(2)11(14)13(18)16-5-6-19-7-10(16)12(17)15-9(3)4/h8-11H,5-7,14H2,1-4H3,(H,15,17)/t10?,11-/m0/s1. The molecular formula is C13H25N3O3. The van der Waals surface area contributed by atoms with Gasteiger partial charge in [-0.15, -0.1) is 0 Å². The van der Waals surface area contributed by atoms with Crippen molar-refractivity contribution >= 4 is 11.8 Å². The van der Waals surface area contributed by atoms with Crippen molar-refractivity contribution in [3.05, 3.63) is 0 Å². The number of nitrogens with zero attached hydrogens (tertiary/aromatic N) is 1. The number of morpholine rings is 1. The Labute approximate surface area is 114 Å². The molecule has 0 radical (unpaired) electrons. The van der Waals surface area contributed by atoms with Crippen molar-refractivity contribution in [3.8, 4) is 0 Å². The molecule has 1 aliphatic heterocycles. The van der Waals surface area contributed by atoms with Crippen LogP contribution in [0, 0.1) is 5.92 Å². The molecule has 0 aromatic rings. The summed E-state index contributed by atoms with van der Waals surface area (Å²) in [6, 6.07) is -1.12. The first kappa shape index (κ1) is 15.9. The molecule has 1 rings (SSSR count). The molecule has 1 aliphatic rings. The molecule has 3 N–H and O–H groups in total. The van der Waals surface area contributed by atoms with Crippen molar-refractivity contribution in [2.24, 2.45) is 11.7 Å². The van der Waals surface area contributed by atoms with Crippen LogP contribution in [0.3, 0.4) is 0 Å². The predicted octanol–water partition coefficient (Wildman–Crippen LogP) is -0.278. The Morgan fingerprint density at radius 3 is 2.47 bits per heavy atom. The van der Waals surface area contributed by atoms with E-state index in [1.807, 2.05) is 27.7 Å². The van der Waals surface area contributed by atoms with Crippen LogP contribution in [0.2, 0.25) is 0 Å². The Bertz CT molecular complexity index is 331. The third kappa shape index (κ3) is 4.18. The highest BCUT2D eigenvalue weighted by Crippen LogP contribution is 2.12. The van der Waals surface area contributed by atoms with Gasteiger partial charge in [-0.3, -0.25) is 9.59 Å². The van der Waals surface area contributed by atoms with Gasteiger partial charge in [-0.25, -0.2) is 0 Å². The Balaban J connectivity index is 2.77. The maximum absolute atomic E-state index is 12.3. The highest BCUT2D eigenvalue weighted by molar-refractivity contribution is 5.90. The van der Waals surface area contributed by atoms with Crippen molar-refractivity contribution in [1.82, 2.24) is 10.2 Å². The van der Waals surface area contributed by atoms with Crippen molar-refractivity contribution < 1.29 is 14.3 Å². The first-order chi connectivity index (χ1) is 8.84. The number of hydrogen-bond donors (Lipinski definition) is 2. The van der Waals surface area contributed by atoms with Gasteiger partial charge >= 0.3 is 0 Å². The van der Waals surface area contributed by atoms with Crippen LogP contribution in [0.15, 0.2) is 0 Å². The predicted molar refractivity (Wildman–Crippen MR) is 72.4 cm³/mol. The van der Waals surface area contributed by atoms with Gasteiger partial charge in [-0.1, -0.05) is 13.8 Å². The Morgan fingerprint density at radius 1 is 1.32 bits per heavy atom. The molecule has 19 heavy (non-hydrogen) atoms. The zero-order chi connectivity index (χ0) is 14.6. The summed E-state index contributed by atoms with van der Waals surface area (Å²) in [6.07, 6.45) is 0. The van der Waals surface area contributed by atoms with E-state index in [0.29, 0.717) is 13.2 Å². The van der Waals surface area contributed by atoms with Crippen LogP contribution in [0.1, 0.15) is 27.7 Å². The molecule has 6 heteroatoms. The smallest absolute Gasteiger partial charge is 0.245 e. The average molecular weight is 271 g/mol. The van der Waals surface area contributed by atoms with Gasteiger partial charge in [-0.05, 0) is 19.8 Å². The van der Waals surface area contributed by atoms with Gasteiger partial charge in [0.05, 0.1) is 19.3 Å². The van der Waals surface area contributed by atoms with Crippen molar-refractivity contribution in [3.63, 3.8) is 0 Å². The maximum atomic E-state index is 12.3. The molecule has 1 fully saturated rings. The summed E-state index contributed by atoms with van der Waals surface area (Å²) in [7, 11) is 0. The first-order valence-electron chi connectivity index (χ1n) is 6.78. The largest absolute Gasteiger partial charge is 0.377 e. The summed E-state index contributed by atoms with van der Waals surface area (Å²) in [6.45, 7) is 8.65. The van der Waals surface area contributed by atoms with E-state index >= 15 is 0 Å². The molecule has 0 aromatic heterocycles. The lowest BCUT2D eigenvalue weighted by atomic mass is 10.0. The molecule has 2 amide bonds. The van der Waals surface area contributed by atoms with E-state index in [1.165, 1.54) is 0 Å². The van der Waals surface area contributed by atoms with Gasteiger partial charge < -0.3 is 20.7 Å². The molecule has 2 atom stereocenters. The van der Waals surface area contributed by atoms with E-state index < -0.39 is 12.1 Å². The molecule has 1 heterocycles. The lowest BCUT2D eigenvalue weighted by Gasteiger charge is -2.37. The minimum Gasteiger partial charge on any atom is -0.377 e. The summed E-state index contributed by atoms with van der Waals surface area (Å²) >= 11 is 0. The van der Waals surface area contributed by atoms with Gasteiger partial charge in [-0.2, -0.15) is 0 Å². The molecule has 0 bridgehead atoms. The lowest BCUT2D eigenvalue weighted by Crippen LogP contribution is -2.60. The second kappa shape index (κ2) is 6.86. The number of carbonyl (C=O) groups excluding carboxylic acids is 2. The lowest BCUT2D eigenvalue weighted by molar-refractivity contribution is -0.150. The zero-order valence-corrected chi connectivity index (χ0v) is 12.2. The summed E-state index contributed by atoms with van der Waals surface area (Å²) in [4.78, 5) is 25.9. The summed E-state index contributed by atoms with van der Waals surface area (Å²) in [5, 5.41) is 2.81. The number of hydrogen-bond acceptors (Lipinski definition) is 4. The van der Waals surface area contributed by atoms with Gasteiger partial charge in [0, 0.05) is 12.6 Å². The van der Waals surface area contributed by atoms with Crippen molar-refractivity contribution in [2.45, 2.75) is 45.8 Å². The van der Waals surface area contributed by atoms with Crippen LogP contribution < -0.4 is 11.1 Å². The number of carbonyl (C=O) groups is 2. The fourth-order valence-electron chi connectivity index (χ4n) is 1.94. The van der Waals surface area contributed by atoms with Crippen LogP contribution >= 0.6 is 0 Å². The van der Waals surface area contributed by atoms with E-state index in [4.69, 9.17) is 10.5 Å². The Morgan fingerprint density at radius 2 is 1.95 bits per heavy atom. The normalized spacial score (nSPS) is 21.6. The molecule has 6 nitrogen and oxygen atoms in total. The molecule has 0 aliphatic carbocycles. The highest BCUT2D eigenvalue weighted by Gasteiger charge is 2.35. The second-order valence-electron chi connectivity index (χ2n) is 5.56. The molecule has 0 spiro atoms. The third-order valence-electron chi connectivity index (χ3n) is 3.15. The number of nitrogens with two attached hydrogens (primary N) is 1. The van der Waals surface area contributed by atoms with E-state index in [0.717, 1.165) is 0 Å². The first-order valence-corrected chi connectivity index (χ1v) is 6.78. The average Bonchev–Trinajstić information content (AvgIpc) is 2.36. The van der Waals surface area contributed by atoms with Crippen molar-refractivity contribution in [2.75, 3.05) is 19.8 Å². The minimum absolute atomic E-state index is 0.0325. The Hall–Kier alpha value is -1.14. The highest BCUT2D eigenvalue weighted by atomic mass is 16.5. The number of ether oxygens (including phenoxy) is 1. The maximum Gasteiger partial charge on any atom is 0.245 e. The molecule has 0 aromatic carbocycles. The van der Waals surface area contributed by atoms with Crippen LogP contribution in [-0.2, 0) is 14.3 Å². The quantitative estimate of drug-likeness (QED) is 0.736. The monoisotopic (exact) mass is 271 g/mol. The number of amides is 2. The summed E-state index contributed by atoms with van der Waals surface area (Å²) in [5.74, 6) is -0.314. The third-order valence-corrected chi connectivity index (χ3v) is 3.15. The van der Waals surface area contributed by atoms with Crippen LogP contribution in [0.25, 0.3) is 0 Å². The van der Waals surface area contributed by atoms with E-state index in [2.05, 4.69) is 5.32 Å². The number of rotatable bonds is 4. The molecule has 0 saturated carbocycles. The van der Waals surface area contributed by atoms with E-state index in [-0.39, 0.29) is 30.4 Å². The van der Waals surface area contributed by atoms with Gasteiger partial charge in [0.2, 0.25) is 11.8 Å². The van der Waals surface area contributed by atoms with Crippen LogP contribution in [0.4, 0.5) is 0 Å². The van der Waals surface area contributed by atoms with Gasteiger partial charge in [0.15, 0.2) is 0 Å². The molecule has 1 saturated heterocycles.